The van der Waals surface area contributed by atoms with Gasteiger partial charge in [-0.1, -0.05) is 48.9 Å². The number of hydrogen-bond donors (Lipinski definition) is 3. The Balaban J connectivity index is 1.68. The van der Waals surface area contributed by atoms with Crippen LogP contribution in [0.15, 0.2) is 54.6 Å². The summed E-state index contributed by atoms with van der Waals surface area (Å²) in [4.78, 5) is 0. The normalized spacial score (nSPS) is 30.2. The first-order valence-electron chi connectivity index (χ1n) is 10.4. The van der Waals surface area contributed by atoms with Crippen LogP contribution in [0, 0.1) is 5.92 Å². The highest BCUT2D eigenvalue weighted by molar-refractivity contribution is 5.37. The number of aryl methyl sites for hydroxylation is 1. The highest BCUT2D eigenvalue weighted by Crippen LogP contribution is 2.55. The maximum Gasteiger partial charge on any atom is 0.115 e. The predicted molar refractivity (Wildman–Crippen MR) is 109 cm³/mol. The molecule has 0 radical (unpaired) electrons. The van der Waals surface area contributed by atoms with Gasteiger partial charge in [0.15, 0.2) is 0 Å². The standard InChI is InChI=1S/C24H31NO2/c26-17-11-22-23(20-8-4-9-21(27)18-20)12-5-13-24(22,25-16-15-23)14-10-19-6-2-1-3-7-19/h1-4,6-9,18,22,25-27H,5,10-17H2. The van der Waals surface area contributed by atoms with Crippen LogP contribution in [0.1, 0.15) is 49.7 Å². The summed E-state index contributed by atoms with van der Waals surface area (Å²) >= 11 is 0. The fraction of sp³-hybridized carbons (Fsp3) is 0.500. The first-order chi connectivity index (χ1) is 13.2. The van der Waals surface area contributed by atoms with Gasteiger partial charge in [0.05, 0.1) is 0 Å². The van der Waals surface area contributed by atoms with E-state index in [2.05, 4.69) is 41.7 Å². The van der Waals surface area contributed by atoms with Gasteiger partial charge in [-0.3, -0.25) is 0 Å². The Labute approximate surface area is 162 Å². The minimum Gasteiger partial charge on any atom is -0.508 e. The largest absolute Gasteiger partial charge is 0.508 e. The summed E-state index contributed by atoms with van der Waals surface area (Å²) in [5.41, 5.74) is 2.77. The number of phenolic OH excluding ortho intramolecular Hbond substituents is 1. The van der Waals surface area contributed by atoms with Gasteiger partial charge >= 0.3 is 0 Å². The Morgan fingerprint density at radius 2 is 1.85 bits per heavy atom. The zero-order valence-electron chi connectivity index (χ0n) is 16.0. The van der Waals surface area contributed by atoms with E-state index in [1.54, 1.807) is 6.07 Å². The van der Waals surface area contributed by atoms with Gasteiger partial charge in [-0.2, -0.15) is 0 Å². The number of piperidine rings is 1. The summed E-state index contributed by atoms with van der Waals surface area (Å²) in [6, 6.07) is 18.6. The molecule has 3 nitrogen and oxygen atoms in total. The van der Waals surface area contributed by atoms with Gasteiger partial charge in [-0.25, -0.2) is 0 Å². The SMILES string of the molecule is OCCC1C2(CCc3ccccc3)CCCC1(c1cccc(O)c1)CCN2. The van der Waals surface area contributed by atoms with Crippen LogP contribution < -0.4 is 5.32 Å². The van der Waals surface area contributed by atoms with Crippen LogP contribution in [0.4, 0.5) is 0 Å². The molecule has 3 unspecified atom stereocenters. The van der Waals surface area contributed by atoms with Crippen LogP contribution >= 0.6 is 0 Å². The van der Waals surface area contributed by atoms with Gasteiger partial charge in [-0.15, -0.1) is 0 Å². The van der Waals surface area contributed by atoms with E-state index in [-0.39, 0.29) is 17.6 Å². The van der Waals surface area contributed by atoms with E-state index in [0.29, 0.717) is 11.7 Å². The molecule has 2 fully saturated rings. The number of fused-ring (bicyclic) bond motifs is 2. The predicted octanol–water partition coefficient (Wildman–Crippen LogP) is 4.18. The van der Waals surface area contributed by atoms with Crippen LogP contribution in [0.3, 0.4) is 0 Å². The van der Waals surface area contributed by atoms with Gasteiger partial charge in [0.25, 0.3) is 0 Å². The van der Waals surface area contributed by atoms with Gasteiger partial charge in [0.1, 0.15) is 5.75 Å². The molecular formula is C24H31NO2. The van der Waals surface area contributed by atoms with Gasteiger partial charge in [0.2, 0.25) is 0 Å². The van der Waals surface area contributed by atoms with Crippen LogP contribution in [-0.2, 0) is 11.8 Å². The molecular weight excluding hydrogens is 334 g/mol. The average molecular weight is 366 g/mol. The van der Waals surface area contributed by atoms with Crippen molar-refractivity contribution in [1.82, 2.24) is 5.32 Å². The lowest BCUT2D eigenvalue weighted by molar-refractivity contribution is -0.00632. The molecule has 27 heavy (non-hydrogen) atoms. The molecule has 2 aromatic rings. The number of rotatable bonds is 6. The van der Waals surface area contributed by atoms with E-state index in [0.717, 1.165) is 38.6 Å². The summed E-state index contributed by atoms with van der Waals surface area (Å²) in [6.07, 6.45) is 7.57. The number of benzene rings is 2. The average Bonchev–Trinajstić information content (AvgIpc) is 2.68. The third-order valence-corrected chi connectivity index (χ3v) is 7.17. The third-order valence-electron chi connectivity index (χ3n) is 7.17. The molecule has 1 saturated heterocycles. The lowest BCUT2D eigenvalue weighted by atomic mass is 9.50. The molecule has 0 spiro atoms. The molecule has 1 aliphatic carbocycles. The Morgan fingerprint density at radius 3 is 2.63 bits per heavy atom. The summed E-state index contributed by atoms with van der Waals surface area (Å²) < 4.78 is 0. The van der Waals surface area contributed by atoms with Crippen molar-refractivity contribution in [3.05, 3.63) is 65.7 Å². The zero-order valence-corrected chi connectivity index (χ0v) is 16.0. The van der Waals surface area contributed by atoms with E-state index < -0.39 is 0 Å². The fourth-order valence-electron chi connectivity index (χ4n) is 6.03. The maximum atomic E-state index is 10.1. The second kappa shape index (κ2) is 7.65. The van der Waals surface area contributed by atoms with Crippen molar-refractivity contribution in [3.63, 3.8) is 0 Å². The highest BCUT2D eigenvalue weighted by atomic mass is 16.3. The molecule has 144 valence electrons. The number of hydrogen-bond acceptors (Lipinski definition) is 3. The monoisotopic (exact) mass is 365 g/mol. The molecule has 1 saturated carbocycles. The van der Waals surface area contributed by atoms with Crippen molar-refractivity contribution in [2.45, 2.75) is 55.9 Å². The van der Waals surface area contributed by atoms with Crippen molar-refractivity contribution >= 4 is 0 Å². The Kier molecular flexibility index (Phi) is 5.25. The fourth-order valence-corrected chi connectivity index (χ4v) is 6.03. The molecule has 0 amide bonds. The van der Waals surface area contributed by atoms with E-state index in [1.165, 1.54) is 24.0 Å². The molecule has 2 aromatic carbocycles. The number of aliphatic hydroxyl groups is 1. The van der Waals surface area contributed by atoms with E-state index in [4.69, 9.17) is 0 Å². The van der Waals surface area contributed by atoms with Gasteiger partial charge in [0, 0.05) is 17.6 Å². The minimum absolute atomic E-state index is 0.0572. The van der Waals surface area contributed by atoms with E-state index >= 15 is 0 Å². The smallest absolute Gasteiger partial charge is 0.115 e. The number of phenols is 1. The van der Waals surface area contributed by atoms with Gasteiger partial charge in [-0.05, 0) is 74.2 Å². The zero-order chi connectivity index (χ0) is 18.7. The first kappa shape index (κ1) is 18.5. The van der Waals surface area contributed by atoms with Gasteiger partial charge < -0.3 is 15.5 Å². The lowest BCUT2D eigenvalue weighted by Gasteiger charge is -2.60. The van der Waals surface area contributed by atoms with Crippen molar-refractivity contribution in [2.24, 2.45) is 5.92 Å². The van der Waals surface area contributed by atoms with Crippen molar-refractivity contribution in [3.8, 4) is 5.75 Å². The lowest BCUT2D eigenvalue weighted by Crippen LogP contribution is -2.66. The summed E-state index contributed by atoms with van der Waals surface area (Å²) in [5, 5.41) is 23.9. The number of aromatic hydroxyl groups is 1. The molecule has 4 rings (SSSR count). The van der Waals surface area contributed by atoms with Crippen LogP contribution in [0.2, 0.25) is 0 Å². The second-order valence-corrected chi connectivity index (χ2v) is 8.44. The summed E-state index contributed by atoms with van der Waals surface area (Å²) in [5.74, 6) is 0.742. The Bertz CT molecular complexity index is 748. The molecule has 1 aliphatic heterocycles. The molecule has 2 aliphatic rings. The summed E-state index contributed by atoms with van der Waals surface area (Å²) in [7, 11) is 0. The van der Waals surface area contributed by atoms with Crippen LogP contribution in [0.25, 0.3) is 0 Å². The Hall–Kier alpha value is -1.84. The summed E-state index contributed by atoms with van der Waals surface area (Å²) in [6.45, 7) is 1.23. The second-order valence-electron chi connectivity index (χ2n) is 8.44. The first-order valence-corrected chi connectivity index (χ1v) is 10.4. The molecule has 3 heteroatoms. The van der Waals surface area contributed by atoms with Crippen molar-refractivity contribution in [2.75, 3.05) is 13.2 Å². The molecule has 3 N–H and O–H groups in total. The molecule has 0 aromatic heterocycles. The van der Waals surface area contributed by atoms with Crippen molar-refractivity contribution < 1.29 is 10.2 Å². The topological polar surface area (TPSA) is 52.5 Å². The molecule has 1 heterocycles. The number of nitrogens with one attached hydrogen (secondary N) is 1. The third kappa shape index (κ3) is 3.39. The molecule has 2 bridgehead atoms. The Morgan fingerprint density at radius 1 is 1.00 bits per heavy atom. The van der Waals surface area contributed by atoms with E-state index in [1.807, 2.05) is 12.1 Å². The molecule has 3 atom stereocenters. The highest BCUT2D eigenvalue weighted by Gasteiger charge is 2.55. The number of aliphatic hydroxyl groups excluding tert-OH is 1. The quantitative estimate of drug-likeness (QED) is 0.720. The minimum atomic E-state index is 0.0572. The maximum absolute atomic E-state index is 10.1. The van der Waals surface area contributed by atoms with Crippen LogP contribution in [-0.4, -0.2) is 28.9 Å². The van der Waals surface area contributed by atoms with Crippen molar-refractivity contribution in [1.29, 1.82) is 0 Å². The van der Waals surface area contributed by atoms with E-state index in [9.17, 15) is 10.2 Å². The van der Waals surface area contributed by atoms with Crippen LogP contribution in [0.5, 0.6) is 5.75 Å².